The van der Waals surface area contributed by atoms with Gasteiger partial charge in [-0.25, -0.2) is 4.79 Å². The molecular formula is C19H34N2O3. The van der Waals surface area contributed by atoms with E-state index in [1.807, 2.05) is 25.7 Å². The molecule has 0 aromatic carbocycles. The van der Waals surface area contributed by atoms with Crippen LogP contribution < -0.4 is 5.32 Å². The lowest BCUT2D eigenvalue weighted by atomic mass is 9.84. The average Bonchev–Trinajstić information content (AvgIpc) is 2.53. The molecule has 1 saturated heterocycles. The molecule has 2 rings (SSSR count). The maximum absolute atomic E-state index is 12.9. The van der Waals surface area contributed by atoms with Gasteiger partial charge in [-0.3, -0.25) is 4.79 Å². The van der Waals surface area contributed by atoms with Crippen LogP contribution in [-0.2, 0) is 9.53 Å². The van der Waals surface area contributed by atoms with Crippen LogP contribution >= 0.6 is 0 Å². The number of amides is 2. The molecule has 2 fully saturated rings. The normalized spacial score (nSPS) is 21.2. The molecule has 0 spiro atoms. The number of piperidine rings is 1. The van der Waals surface area contributed by atoms with Crippen molar-refractivity contribution in [2.45, 2.75) is 90.2 Å². The van der Waals surface area contributed by atoms with Crippen molar-refractivity contribution in [3.63, 3.8) is 0 Å². The van der Waals surface area contributed by atoms with Crippen molar-refractivity contribution in [2.24, 2.45) is 5.92 Å². The van der Waals surface area contributed by atoms with Gasteiger partial charge in [0.15, 0.2) is 0 Å². The van der Waals surface area contributed by atoms with E-state index in [0.717, 1.165) is 32.4 Å². The highest BCUT2D eigenvalue weighted by atomic mass is 16.6. The number of carbonyl (C=O) groups excluding carboxylic acids is 2. The van der Waals surface area contributed by atoms with Gasteiger partial charge in [-0.2, -0.15) is 0 Å². The minimum Gasteiger partial charge on any atom is -0.444 e. The minimum atomic E-state index is -0.548. The fourth-order valence-corrected chi connectivity index (χ4v) is 3.76. The number of likely N-dealkylation sites (tertiary alicyclic amines) is 1. The van der Waals surface area contributed by atoms with E-state index in [1.165, 1.54) is 38.5 Å². The smallest absolute Gasteiger partial charge is 0.408 e. The van der Waals surface area contributed by atoms with Gasteiger partial charge in [0.05, 0.1) is 0 Å². The van der Waals surface area contributed by atoms with Crippen molar-refractivity contribution in [3.8, 4) is 0 Å². The molecule has 5 nitrogen and oxygen atoms in total. The standard InChI is InChI=1S/C19H34N2O3/c1-19(2,3)24-18(23)20-16(14-15-10-6-4-7-11-15)17(22)21-12-8-5-9-13-21/h15-16H,4-14H2,1-3H3,(H,20,23)/t16-/m0/s1. The zero-order valence-electron chi connectivity index (χ0n) is 15.6. The lowest BCUT2D eigenvalue weighted by Gasteiger charge is -2.33. The van der Waals surface area contributed by atoms with Gasteiger partial charge in [-0.1, -0.05) is 32.1 Å². The highest BCUT2D eigenvalue weighted by Gasteiger charge is 2.31. The van der Waals surface area contributed by atoms with Crippen molar-refractivity contribution in [3.05, 3.63) is 0 Å². The SMILES string of the molecule is CC(C)(C)OC(=O)N[C@@H](CC1CCCCC1)C(=O)N1CCCCC1. The lowest BCUT2D eigenvalue weighted by Crippen LogP contribution is -2.51. The second-order valence-electron chi connectivity index (χ2n) is 8.32. The Balaban J connectivity index is 1.98. The number of carbonyl (C=O) groups is 2. The zero-order chi connectivity index (χ0) is 17.6. The first-order valence-electron chi connectivity index (χ1n) is 9.63. The van der Waals surface area contributed by atoms with E-state index in [0.29, 0.717) is 5.92 Å². The second kappa shape index (κ2) is 8.72. The molecule has 1 atom stereocenters. The summed E-state index contributed by atoms with van der Waals surface area (Å²) in [5.41, 5.74) is -0.548. The van der Waals surface area contributed by atoms with Crippen LogP contribution in [0.2, 0.25) is 0 Å². The van der Waals surface area contributed by atoms with Crippen LogP contribution in [0.4, 0.5) is 4.79 Å². The zero-order valence-corrected chi connectivity index (χ0v) is 15.6. The third-order valence-electron chi connectivity index (χ3n) is 4.95. The Bertz CT molecular complexity index is 419. The van der Waals surface area contributed by atoms with Crippen LogP contribution in [-0.4, -0.2) is 41.6 Å². The van der Waals surface area contributed by atoms with Crippen LogP contribution in [0.15, 0.2) is 0 Å². The first-order chi connectivity index (χ1) is 11.3. The summed E-state index contributed by atoms with van der Waals surface area (Å²) in [6.07, 6.45) is 9.69. The van der Waals surface area contributed by atoms with E-state index >= 15 is 0 Å². The predicted octanol–water partition coefficient (Wildman–Crippen LogP) is 3.86. The molecule has 2 aliphatic rings. The first kappa shape index (κ1) is 19.1. The molecule has 5 heteroatoms. The van der Waals surface area contributed by atoms with Gasteiger partial charge in [0.1, 0.15) is 11.6 Å². The van der Waals surface area contributed by atoms with Gasteiger partial charge in [0.2, 0.25) is 5.91 Å². The molecule has 0 aromatic heterocycles. The third-order valence-corrected chi connectivity index (χ3v) is 4.95. The molecule has 0 aromatic rings. The van der Waals surface area contributed by atoms with Gasteiger partial charge < -0.3 is 15.0 Å². The van der Waals surface area contributed by atoms with Crippen molar-refractivity contribution in [2.75, 3.05) is 13.1 Å². The molecular weight excluding hydrogens is 304 g/mol. The summed E-state index contributed by atoms with van der Waals surface area (Å²) in [6, 6.07) is -0.443. The van der Waals surface area contributed by atoms with E-state index in [1.54, 1.807) is 0 Å². The maximum atomic E-state index is 12.9. The van der Waals surface area contributed by atoms with E-state index in [-0.39, 0.29) is 5.91 Å². The van der Waals surface area contributed by atoms with Crippen LogP contribution in [0.25, 0.3) is 0 Å². The number of alkyl carbamates (subject to hydrolysis) is 1. The quantitative estimate of drug-likeness (QED) is 0.846. The summed E-state index contributed by atoms with van der Waals surface area (Å²) >= 11 is 0. The second-order valence-corrected chi connectivity index (χ2v) is 8.32. The Labute approximate surface area is 146 Å². The fraction of sp³-hybridized carbons (Fsp3) is 0.895. The highest BCUT2D eigenvalue weighted by molar-refractivity contribution is 5.85. The number of hydrogen-bond acceptors (Lipinski definition) is 3. The lowest BCUT2D eigenvalue weighted by molar-refractivity contribution is -0.135. The highest BCUT2D eigenvalue weighted by Crippen LogP contribution is 2.28. The number of hydrogen-bond donors (Lipinski definition) is 1. The van der Waals surface area contributed by atoms with E-state index in [9.17, 15) is 9.59 Å². The summed E-state index contributed by atoms with van der Waals surface area (Å²) in [6.45, 7) is 7.16. The fourth-order valence-electron chi connectivity index (χ4n) is 3.76. The molecule has 1 saturated carbocycles. The Morgan fingerprint density at radius 3 is 2.21 bits per heavy atom. The van der Waals surface area contributed by atoms with E-state index in [2.05, 4.69) is 5.32 Å². The molecule has 1 N–H and O–H groups in total. The molecule has 0 unspecified atom stereocenters. The monoisotopic (exact) mass is 338 g/mol. The van der Waals surface area contributed by atoms with Crippen LogP contribution in [0.1, 0.15) is 78.6 Å². The molecule has 0 bridgehead atoms. The third kappa shape index (κ3) is 6.33. The van der Waals surface area contributed by atoms with E-state index < -0.39 is 17.7 Å². The molecule has 2 amide bonds. The van der Waals surface area contributed by atoms with Crippen molar-refractivity contribution >= 4 is 12.0 Å². The summed E-state index contributed by atoms with van der Waals surface area (Å²) in [5, 5.41) is 2.87. The van der Waals surface area contributed by atoms with Gasteiger partial charge in [-0.05, 0) is 52.4 Å². The van der Waals surface area contributed by atoms with Crippen molar-refractivity contribution < 1.29 is 14.3 Å². The van der Waals surface area contributed by atoms with Gasteiger partial charge in [0, 0.05) is 13.1 Å². The molecule has 24 heavy (non-hydrogen) atoms. The van der Waals surface area contributed by atoms with Crippen LogP contribution in [0.5, 0.6) is 0 Å². The topological polar surface area (TPSA) is 58.6 Å². The number of nitrogens with one attached hydrogen (secondary N) is 1. The maximum Gasteiger partial charge on any atom is 0.408 e. The molecule has 1 aliphatic heterocycles. The van der Waals surface area contributed by atoms with Crippen LogP contribution in [0, 0.1) is 5.92 Å². The summed E-state index contributed by atoms with van der Waals surface area (Å²) in [7, 11) is 0. The van der Waals surface area contributed by atoms with Gasteiger partial charge in [-0.15, -0.1) is 0 Å². The van der Waals surface area contributed by atoms with Gasteiger partial charge >= 0.3 is 6.09 Å². The largest absolute Gasteiger partial charge is 0.444 e. The Morgan fingerprint density at radius 1 is 1.04 bits per heavy atom. The molecule has 138 valence electrons. The number of ether oxygens (including phenoxy) is 1. The molecule has 0 radical (unpaired) electrons. The predicted molar refractivity (Wildman–Crippen MR) is 94.8 cm³/mol. The Hall–Kier alpha value is -1.26. The van der Waals surface area contributed by atoms with Crippen molar-refractivity contribution in [1.82, 2.24) is 10.2 Å². The number of nitrogens with zero attached hydrogens (tertiary/aromatic N) is 1. The minimum absolute atomic E-state index is 0.0751. The van der Waals surface area contributed by atoms with Crippen molar-refractivity contribution in [1.29, 1.82) is 0 Å². The van der Waals surface area contributed by atoms with Crippen LogP contribution in [0.3, 0.4) is 0 Å². The average molecular weight is 338 g/mol. The summed E-state index contributed by atoms with van der Waals surface area (Å²) in [5.74, 6) is 0.610. The first-order valence-corrected chi connectivity index (χ1v) is 9.63. The summed E-state index contributed by atoms with van der Waals surface area (Å²) in [4.78, 5) is 27.0. The summed E-state index contributed by atoms with van der Waals surface area (Å²) < 4.78 is 5.37. The molecule has 1 heterocycles. The number of rotatable bonds is 4. The van der Waals surface area contributed by atoms with Gasteiger partial charge in [0.25, 0.3) is 0 Å². The Morgan fingerprint density at radius 2 is 1.62 bits per heavy atom. The van der Waals surface area contributed by atoms with E-state index in [4.69, 9.17) is 4.74 Å². The molecule has 1 aliphatic carbocycles. The Kier molecular flexibility index (Phi) is 6.93.